The fraction of sp³-hybridized carbons (Fsp3) is 1.00. The van der Waals surface area contributed by atoms with Gasteiger partial charge >= 0.3 is 0 Å². The summed E-state index contributed by atoms with van der Waals surface area (Å²) in [5.41, 5.74) is 2.70. The summed E-state index contributed by atoms with van der Waals surface area (Å²) in [6.45, 7) is 3.50. The van der Waals surface area contributed by atoms with E-state index in [1.54, 1.807) is 13.8 Å². The van der Waals surface area contributed by atoms with Crippen molar-refractivity contribution in [3.63, 3.8) is 0 Å². The molecule has 96 valence electrons. The highest BCUT2D eigenvalue weighted by Crippen LogP contribution is 2.32. The number of hydrogen-bond acceptors (Lipinski definition) is 4. The maximum absolute atomic E-state index is 11.7. The van der Waals surface area contributed by atoms with Crippen LogP contribution in [0.4, 0.5) is 0 Å². The van der Waals surface area contributed by atoms with Crippen molar-refractivity contribution in [2.24, 2.45) is 11.8 Å². The average Bonchev–Trinajstić information content (AvgIpc) is 2.64. The molecule has 1 saturated carbocycles. The second-order valence-electron chi connectivity index (χ2n) is 5.48. The topological polar surface area (TPSA) is 72.2 Å². The molecule has 0 spiro atoms. The highest BCUT2D eigenvalue weighted by molar-refractivity contribution is 7.92. The van der Waals surface area contributed by atoms with Crippen LogP contribution in [0, 0.1) is 5.92 Å². The Bertz CT molecular complexity index is 319. The number of sulfone groups is 1. The summed E-state index contributed by atoms with van der Waals surface area (Å²) in [5.74, 6) is 6.15. The summed E-state index contributed by atoms with van der Waals surface area (Å²) in [7, 11) is -3.10. The van der Waals surface area contributed by atoms with E-state index in [0.717, 1.165) is 6.42 Å². The van der Waals surface area contributed by atoms with Crippen LogP contribution in [0.15, 0.2) is 0 Å². The Morgan fingerprint density at radius 3 is 2.25 bits per heavy atom. The van der Waals surface area contributed by atoms with Gasteiger partial charge in [0.25, 0.3) is 0 Å². The summed E-state index contributed by atoms with van der Waals surface area (Å²) in [5, 5.41) is 0. The molecule has 4 nitrogen and oxygen atoms in total. The van der Waals surface area contributed by atoms with Gasteiger partial charge in [-0.05, 0) is 26.2 Å². The number of hydrogen-bond donors (Lipinski definition) is 2. The van der Waals surface area contributed by atoms with Gasteiger partial charge in [-0.15, -0.1) is 0 Å². The molecular weight excluding hydrogens is 224 g/mol. The average molecular weight is 248 g/mol. The van der Waals surface area contributed by atoms with Gasteiger partial charge in [-0.25, -0.2) is 8.42 Å². The van der Waals surface area contributed by atoms with E-state index in [9.17, 15) is 8.42 Å². The van der Waals surface area contributed by atoms with Gasteiger partial charge in [0.15, 0.2) is 9.84 Å². The van der Waals surface area contributed by atoms with E-state index in [1.807, 2.05) is 0 Å². The molecule has 0 bridgehead atoms. The SMILES string of the molecule is CC(C)(C(CC1CCCC1)NN)S(C)(=O)=O. The Labute approximate surface area is 98.9 Å². The molecule has 0 aromatic rings. The van der Waals surface area contributed by atoms with E-state index in [4.69, 9.17) is 5.84 Å². The zero-order valence-corrected chi connectivity index (χ0v) is 11.3. The molecule has 0 heterocycles. The van der Waals surface area contributed by atoms with Gasteiger partial charge in [0, 0.05) is 12.3 Å². The molecule has 3 N–H and O–H groups in total. The fourth-order valence-corrected chi connectivity index (χ4v) is 3.07. The lowest BCUT2D eigenvalue weighted by molar-refractivity contribution is 0.334. The molecule has 1 aliphatic rings. The van der Waals surface area contributed by atoms with E-state index >= 15 is 0 Å². The maximum atomic E-state index is 11.7. The molecule has 1 rings (SSSR count). The minimum Gasteiger partial charge on any atom is -0.271 e. The highest BCUT2D eigenvalue weighted by atomic mass is 32.2. The first kappa shape index (κ1) is 13.9. The van der Waals surface area contributed by atoms with Crippen molar-refractivity contribution in [2.45, 2.75) is 56.7 Å². The van der Waals surface area contributed by atoms with Crippen LogP contribution in [0.25, 0.3) is 0 Å². The first-order chi connectivity index (χ1) is 7.29. The number of rotatable bonds is 5. The quantitative estimate of drug-likeness (QED) is 0.567. The highest BCUT2D eigenvalue weighted by Gasteiger charge is 2.39. The Balaban J connectivity index is 2.73. The van der Waals surface area contributed by atoms with Crippen molar-refractivity contribution in [1.82, 2.24) is 5.43 Å². The lowest BCUT2D eigenvalue weighted by Crippen LogP contribution is -2.54. The Morgan fingerprint density at radius 2 is 1.88 bits per heavy atom. The van der Waals surface area contributed by atoms with Crippen molar-refractivity contribution in [2.75, 3.05) is 6.26 Å². The van der Waals surface area contributed by atoms with Crippen molar-refractivity contribution in [1.29, 1.82) is 0 Å². The van der Waals surface area contributed by atoms with Crippen LogP contribution >= 0.6 is 0 Å². The molecule has 1 atom stereocenters. The van der Waals surface area contributed by atoms with Crippen molar-refractivity contribution < 1.29 is 8.42 Å². The monoisotopic (exact) mass is 248 g/mol. The normalized spacial score (nSPS) is 21.2. The number of hydrazine groups is 1. The van der Waals surface area contributed by atoms with Crippen LogP contribution in [0.1, 0.15) is 46.0 Å². The third kappa shape index (κ3) is 2.96. The van der Waals surface area contributed by atoms with Gasteiger partial charge in [0.05, 0.1) is 4.75 Å². The van der Waals surface area contributed by atoms with Gasteiger partial charge in [-0.3, -0.25) is 11.3 Å². The molecule has 0 radical (unpaired) electrons. The molecule has 0 aliphatic heterocycles. The lowest BCUT2D eigenvalue weighted by Gasteiger charge is -2.33. The van der Waals surface area contributed by atoms with E-state index in [2.05, 4.69) is 5.43 Å². The van der Waals surface area contributed by atoms with Gasteiger partial charge in [0.2, 0.25) is 0 Å². The summed E-state index contributed by atoms with van der Waals surface area (Å²) in [6.07, 6.45) is 7.08. The standard InChI is InChI=1S/C11H24N2O2S/c1-11(2,16(3,14)15)10(13-12)8-9-6-4-5-7-9/h9-10,13H,4-8,12H2,1-3H3. The third-order valence-corrected chi connectivity index (χ3v) is 6.24. The molecule has 16 heavy (non-hydrogen) atoms. The lowest BCUT2D eigenvalue weighted by atomic mass is 9.91. The molecule has 0 aromatic heterocycles. The van der Waals surface area contributed by atoms with Crippen molar-refractivity contribution >= 4 is 9.84 Å². The van der Waals surface area contributed by atoms with E-state index in [0.29, 0.717) is 5.92 Å². The maximum Gasteiger partial charge on any atom is 0.154 e. The molecule has 5 heteroatoms. The molecule has 0 saturated heterocycles. The summed E-state index contributed by atoms with van der Waals surface area (Å²) in [4.78, 5) is 0. The van der Waals surface area contributed by atoms with Crippen LogP contribution < -0.4 is 11.3 Å². The smallest absolute Gasteiger partial charge is 0.154 e. The second-order valence-corrected chi connectivity index (χ2v) is 8.08. The molecule has 0 aromatic carbocycles. The zero-order valence-electron chi connectivity index (χ0n) is 10.5. The first-order valence-corrected chi connectivity index (χ1v) is 7.84. The Kier molecular flexibility index (Phi) is 4.37. The van der Waals surface area contributed by atoms with E-state index in [-0.39, 0.29) is 6.04 Å². The molecule has 1 fully saturated rings. The van der Waals surface area contributed by atoms with E-state index in [1.165, 1.54) is 31.9 Å². The molecule has 1 unspecified atom stereocenters. The third-order valence-electron chi connectivity index (χ3n) is 4.04. The zero-order chi connectivity index (χ0) is 12.4. The van der Waals surface area contributed by atoms with Crippen LogP contribution in [0.2, 0.25) is 0 Å². The molecular formula is C11H24N2O2S. The van der Waals surface area contributed by atoms with E-state index < -0.39 is 14.6 Å². The summed E-state index contributed by atoms with van der Waals surface area (Å²) >= 11 is 0. The minimum absolute atomic E-state index is 0.161. The van der Waals surface area contributed by atoms with Crippen molar-refractivity contribution in [3.05, 3.63) is 0 Å². The first-order valence-electron chi connectivity index (χ1n) is 5.94. The number of nitrogens with one attached hydrogen (secondary N) is 1. The predicted octanol–water partition coefficient (Wildman–Crippen LogP) is 1.22. The number of nitrogens with two attached hydrogens (primary N) is 1. The molecule has 0 amide bonds. The van der Waals surface area contributed by atoms with Crippen molar-refractivity contribution in [3.8, 4) is 0 Å². The van der Waals surface area contributed by atoms with Gasteiger partial charge in [-0.2, -0.15) is 0 Å². The fourth-order valence-electron chi connectivity index (χ4n) is 2.39. The van der Waals surface area contributed by atoms with Gasteiger partial charge in [-0.1, -0.05) is 25.7 Å². The van der Waals surface area contributed by atoms with Gasteiger partial charge in [0.1, 0.15) is 0 Å². The molecule has 1 aliphatic carbocycles. The van der Waals surface area contributed by atoms with Crippen LogP contribution in [-0.4, -0.2) is 25.5 Å². The Morgan fingerprint density at radius 1 is 1.38 bits per heavy atom. The largest absolute Gasteiger partial charge is 0.271 e. The Hall–Kier alpha value is -0.130. The van der Waals surface area contributed by atoms with Crippen LogP contribution in [0.5, 0.6) is 0 Å². The second kappa shape index (κ2) is 5.02. The summed E-state index contributed by atoms with van der Waals surface area (Å²) in [6, 6.07) is -0.161. The van der Waals surface area contributed by atoms with Crippen LogP contribution in [-0.2, 0) is 9.84 Å². The van der Waals surface area contributed by atoms with Gasteiger partial charge < -0.3 is 0 Å². The van der Waals surface area contributed by atoms with Crippen LogP contribution in [0.3, 0.4) is 0 Å². The summed E-state index contributed by atoms with van der Waals surface area (Å²) < 4.78 is 22.7. The minimum atomic E-state index is -3.10. The predicted molar refractivity (Wildman–Crippen MR) is 66.6 cm³/mol.